The normalized spacial score (nSPS) is 12.7. The summed E-state index contributed by atoms with van der Waals surface area (Å²) in [6, 6.07) is 15.8. The largest absolute Gasteiger partial charge is 0.481 e. The second kappa shape index (κ2) is 14.4. The summed E-state index contributed by atoms with van der Waals surface area (Å²) in [4.78, 5) is 55.1. The monoisotopic (exact) mass is 554 g/mol. The van der Waals surface area contributed by atoms with Gasteiger partial charge in [-0.15, -0.1) is 0 Å². The number of amides is 3. The van der Waals surface area contributed by atoms with E-state index >= 15 is 0 Å². The van der Waals surface area contributed by atoms with Crippen LogP contribution in [0.3, 0.4) is 0 Å². The average Bonchev–Trinajstić information content (AvgIpc) is 2.96. The van der Waals surface area contributed by atoms with E-state index in [2.05, 4.69) is 10.3 Å². The molecule has 0 saturated carbocycles. The maximum Gasteiger partial charge on any atom is 0.409 e. The summed E-state index contributed by atoms with van der Waals surface area (Å²) in [5.74, 6) is -2.80. The number of piperazine rings is 1. The third kappa shape index (κ3) is 8.38. The number of nitrogens with one attached hydrogen (secondary N) is 1. The first-order valence-corrected chi connectivity index (χ1v) is 12.6. The van der Waals surface area contributed by atoms with E-state index in [-0.39, 0.29) is 41.4 Å². The van der Waals surface area contributed by atoms with Gasteiger partial charge in [0.25, 0.3) is 5.91 Å². The molecule has 0 unspecified atom stereocenters. The highest BCUT2D eigenvalue weighted by Crippen LogP contribution is 2.28. The van der Waals surface area contributed by atoms with Crippen LogP contribution in [0, 0.1) is 12.7 Å². The van der Waals surface area contributed by atoms with Gasteiger partial charge in [0.15, 0.2) is 6.61 Å². The molecule has 3 amide bonds. The quantitative estimate of drug-likeness (QED) is 0.455. The number of fused-ring (bicyclic) bond motifs is 1. The van der Waals surface area contributed by atoms with Crippen molar-refractivity contribution in [2.24, 2.45) is 0 Å². The molecule has 1 aliphatic heterocycles. The van der Waals surface area contributed by atoms with Gasteiger partial charge in [0.1, 0.15) is 17.3 Å². The number of benzene rings is 2. The number of nitrogens with zero attached hydrogens (tertiary/aromatic N) is 3. The molecule has 1 fully saturated rings. The van der Waals surface area contributed by atoms with Crippen LogP contribution in [-0.2, 0) is 14.3 Å². The molecule has 2 aromatic carbocycles. The van der Waals surface area contributed by atoms with E-state index in [1.54, 1.807) is 6.92 Å². The zero-order valence-electron chi connectivity index (χ0n) is 22.3. The first-order valence-electron chi connectivity index (χ1n) is 12.6. The third-order valence-electron chi connectivity index (χ3n) is 5.86. The van der Waals surface area contributed by atoms with Gasteiger partial charge in [0.2, 0.25) is 5.91 Å². The van der Waals surface area contributed by atoms with Crippen molar-refractivity contribution in [1.82, 2.24) is 20.1 Å². The molecule has 1 aliphatic rings. The first kappa shape index (κ1) is 29.8. The van der Waals surface area contributed by atoms with E-state index in [9.17, 15) is 23.6 Å². The molecular weight excluding hydrogens is 523 g/mol. The van der Waals surface area contributed by atoms with Gasteiger partial charge in [0, 0.05) is 37.6 Å². The summed E-state index contributed by atoms with van der Waals surface area (Å²) in [7, 11) is 0. The molecule has 0 aliphatic carbocycles. The third-order valence-corrected chi connectivity index (χ3v) is 5.86. The lowest BCUT2D eigenvalue weighted by Crippen LogP contribution is -2.52. The fraction of sp³-hybridized carbons (Fsp3) is 0.321. The number of carbonyl (C=O) groups excluding carboxylic acids is 3. The molecule has 0 spiro atoms. The lowest BCUT2D eigenvalue weighted by atomic mass is 10.1. The van der Waals surface area contributed by atoms with E-state index in [0.29, 0.717) is 31.7 Å². The Morgan fingerprint density at radius 1 is 0.975 bits per heavy atom. The Bertz CT molecular complexity index is 1320. The van der Waals surface area contributed by atoms with Crippen LogP contribution in [0.25, 0.3) is 10.9 Å². The number of hydrogen-bond donors (Lipinski definition) is 2. The van der Waals surface area contributed by atoms with Gasteiger partial charge < -0.3 is 29.7 Å². The first-order chi connectivity index (χ1) is 19.2. The number of ether oxygens (including phenoxy) is 2. The highest BCUT2D eigenvalue weighted by Gasteiger charge is 2.25. The maximum atomic E-state index is 14.0. The second-order valence-electron chi connectivity index (χ2n) is 8.71. The lowest BCUT2D eigenvalue weighted by Gasteiger charge is -2.34. The number of carbonyl (C=O) groups is 4. The molecule has 212 valence electrons. The maximum absolute atomic E-state index is 14.0. The minimum absolute atomic E-state index is 0.0159. The molecule has 1 aromatic heterocycles. The number of carboxylic acids is 1. The Morgan fingerprint density at radius 2 is 1.57 bits per heavy atom. The number of aliphatic carboxylic acids is 1. The highest BCUT2D eigenvalue weighted by atomic mass is 19.1. The number of aromatic nitrogens is 1. The predicted octanol–water partition coefficient (Wildman–Crippen LogP) is 2.86. The average molecular weight is 555 g/mol. The van der Waals surface area contributed by atoms with E-state index in [0.717, 1.165) is 6.07 Å². The predicted molar refractivity (Wildman–Crippen MR) is 144 cm³/mol. The van der Waals surface area contributed by atoms with Crippen LogP contribution in [-0.4, -0.2) is 89.7 Å². The number of hydrogen-bond acceptors (Lipinski definition) is 7. The van der Waals surface area contributed by atoms with Crippen LogP contribution in [0.2, 0.25) is 0 Å². The number of pyridine rings is 1. The van der Waals surface area contributed by atoms with E-state index in [1.807, 2.05) is 36.4 Å². The molecule has 3 aromatic rings. The van der Waals surface area contributed by atoms with Crippen LogP contribution < -0.4 is 10.1 Å². The van der Waals surface area contributed by atoms with Gasteiger partial charge in [-0.05, 0) is 31.5 Å². The summed E-state index contributed by atoms with van der Waals surface area (Å²) in [5, 5.41) is 11.6. The van der Waals surface area contributed by atoms with Crippen molar-refractivity contribution < 1.29 is 38.1 Å². The van der Waals surface area contributed by atoms with Gasteiger partial charge in [-0.1, -0.05) is 36.4 Å². The number of halogens is 1. The lowest BCUT2D eigenvalue weighted by molar-refractivity contribution is -0.139. The van der Waals surface area contributed by atoms with Gasteiger partial charge in [-0.2, -0.15) is 0 Å². The van der Waals surface area contributed by atoms with Crippen LogP contribution in [0.1, 0.15) is 23.0 Å². The van der Waals surface area contributed by atoms with Gasteiger partial charge in [-0.3, -0.25) is 9.59 Å². The van der Waals surface area contributed by atoms with E-state index in [4.69, 9.17) is 14.6 Å². The van der Waals surface area contributed by atoms with Crippen molar-refractivity contribution in [3.05, 3.63) is 71.7 Å². The van der Waals surface area contributed by atoms with Gasteiger partial charge >= 0.3 is 12.1 Å². The fourth-order valence-electron chi connectivity index (χ4n) is 3.79. The van der Waals surface area contributed by atoms with Crippen molar-refractivity contribution in [2.75, 3.05) is 45.9 Å². The zero-order chi connectivity index (χ0) is 29.1. The number of carboxylic acid groups (broad SMARTS) is 1. The molecule has 0 atom stereocenters. The van der Waals surface area contributed by atoms with Crippen LogP contribution in [0.15, 0.2) is 54.6 Å². The standard InChI is InChI=1S/C22H25FN4O7.C6H6/c1-3-33-22(32)27-6-4-26(5-7-27)19(28)11-24-21(31)17-10-18(34-12-20(29)30)14-9-15(23)13(2)8-16(14)25-17;1-2-4-6-5-3-1/h8-10H,3-7,11-12H2,1-2H3,(H,24,31)(H,29,30);1-6H. The molecule has 4 rings (SSSR count). The summed E-state index contributed by atoms with van der Waals surface area (Å²) in [6.45, 7) is 3.78. The molecule has 12 heteroatoms. The number of rotatable bonds is 7. The Morgan fingerprint density at radius 3 is 2.15 bits per heavy atom. The van der Waals surface area contributed by atoms with E-state index in [1.165, 1.54) is 28.9 Å². The topological polar surface area (TPSA) is 138 Å². The molecule has 0 bridgehead atoms. The van der Waals surface area contributed by atoms with E-state index < -0.39 is 30.4 Å². The van der Waals surface area contributed by atoms with Gasteiger partial charge in [-0.25, -0.2) is 19.0 Å². The van der Waals surface area contributed by atoms with Crippen LogP contribution in [0.4, 0.5) is 9.18 Å². The van der Waals surface area contributed by atoms with Crippen LogP contribution >= 0.6 is 0 Å². The summed E-state index contributed by atoms with van der Waals surface area (Å²) in [6.07, 6.45) is -0.429. The Kier molecular flexibility index (Phi) is 10.7. The Balaban J connectivity index is 0.000000649. The highest BCUT2D eigenvalue weighted by molar-refractivity contribution is 5.98. The summed E-state index contributed by atoms with van der Waals surface area (Å²) >= 11 is 0. The number of aryl methyl sites for hydroxylation is 1. The molecular formula is C28H31FN4O7. The molecule has 40 heavy (non-hydrogen) atoms. The SMILES string of the molecule is CCOC(=O)N1CCN(C(=O)CNC(=O)c2cc(OCC(=O)O)c3cc(F)c(C)cc3n2)CC1.c1ccccc1. The van der Waals surface area contributed by atoms with Crippen molar-refractivity contribution >= 4 is 34.8 Å². The zero-order valence-corrected chi connectivity index (χ0v) is 22.3. The summed E-state index contributed by atoms with van der Waals surface area (Å²) < 4.78 is 24.2. The minimum atomic E-state index is -1.24. The van der Waals surface area contributed by atoms with Crippen molar-refractivity contribution in [2.45, 2.75) is 13.8 Å². The Hall–Kier alpha value is -4.74. The molecule has 11 nitrogen and oxygen atoms in total. The van der Waals surface area contributed by atoms with Crippen molar-refractivity contribution in [3.8, 4) is 5.75 Å². The summed E-state index contributed by atoms with van der Waals surface area (Å²) in [5.41, 5.74) is 0.422. The van der Waals surface area contributed by atoms with Gasteiger partial charge in [0.05, 0.1) is 18.7 Å². The Labute approximate surface area is 230 Å². The second-order valence-corrected chi connectivity index (χ2v) is 8.71. The smallest absolute Gasteiger partial charge is 0.409 e. The van der Waals surface area contributed by atoms with Crippen LogP contribution in [0.5, 0.6) is 5.75 Å². The fourth-order valence-corrected chi connectivity index (χ4v) is 3.79. The van der Waals surface area contributed by atoms with Crippen molar-refractivity contribution in [3.63, 3.8) is 0 Å². The minimum Gasteiger partial charge on any atom is -0.481 e. The molecule has 2 heterocycles. The molecule has 1 saturated heterocycles. The molecule has 0 radical (unpaired) electrons. The molecule has 2 N–H and O–H groups in total. The van der Waals surface area contributed by atoms with Crippen molar-refractivity contribution in [1.29, 1.82) is 0 Å².